The highest BCUT2D eigenvalue weighted by Crippen LogP contribution is 2.30. The van der Waals surface area contributed by atoms with Crippen LogP contribution in [0.4, 0.5) is 5.69 Å². The van der Waals surface area contributed by atoms with E-state index in [1.807, 2.05) is 19.2 Å². The molecule has 2 rings (SSSR count). The number of anilines is 1. The molecule has 0 aliphatic carbocycles. The van der Waals surface area contributed by atoms with Crippen molar-refractivity contribution in [1.82, 2.24) is 5.32 Å². The number of hydrogen-bond donors (Lipinski definition) is 2. The highest BCUT2D eigenvalue weighted by Gasteiger charge is 2.27. The molecule has 0 bridgehead atoms. The molecule has 18 heavy (non-hydrogen) atoms. The first-order valence-corrected chi connectivity index (χ1v) is 7.31. The second-order valence-electron chi connectivity index (χ2n) is 4.32. The number of rotatable bonds is 3. The Balaban J connectivity index is 2.40. The topological polar surface area (TPSA) is 58.4 Å². The molecule has 5 heteroatoms. The molecule has 1 heterocycles. The lowest BCUT2D eigenvalue weighted by atomic mass is 10.1. The smallest absolute Gasteiger partial charge is 0.242 e. The van der Waals surface area contributed by atoms with Crippen molar-refractivity contribution in [3.63, 3.8) is 0 Å². The molecule has 1 aromatic rings. The fourth-order valence-electron chi connectivity index (χ4n) is 2.33. The van der Waals surface area contributed by atoms with Crippen molar-refractivity contribution < 1.29 is 4.79 Å². The molecule has 1 atom stereocenters. The van der Waals surface area contributed by atoms with E-state index in [1.54, 1.807) is 11.8 Å². The minimum atomic E-state index is -0.138. The van der Waals surface area contributed by atoms with E-state index in [2.05, 4.69) is 22.3 Å². The molecule has 0 saturated carbocycles. The molecule has 1 amide bonds. The van der Waals surface area contributed by atoms with E-state index in [0.29, 0.717) is 13.1 Å². The van der Waals surface area contributed by atoms with Crippen LogP contribution in [0.3, 0.4) is 0 Å². The van der Waals surface area contributed by atoms with Gasteiger partial charge in [0, 0.05) is 35.8 Å². The molecule has 1 fully saturated rings. The normalized spacial score (nSPS) is 19.8. The predicted octanol–water partition coefficient (Wildman–Crippen LogP) is 1.19. The van der Waals surface area contributed by atoms with Crippen molar-refractivity contribution >= 4 is 23.4 Å². The Morgan fingerprint density at radius 2 is 2.33 bits per heavy atom. The Bertz CT molecular complexity index is 450. The monoisotopic (exact) mass is 265 g/mol. The third-order valence-electron chi connectivity index (χ3n) is 3.34. The van der Waals surface area contributed by atoms with Gasteiger partial charge in [0.2, 0.25) is 5.91 Å². The molecule has 1 saturated heterocycles. The van der Waals surface area contributed by atoms with Crippen molar-refractivity contribution in [3.8, 4) is 0 Å². The number of thioether (sulfide) groups is 1. The molecular weight excluding hydrogens is 246 g/mol. The molecule has 3 N–H and O–H groups in total. The second kappa shape index (κ2) is 5.63. The fraction of sp³-hybridized carbons (Fsp3) is 0.462. The van der Waals surface area contributed by atoms with Gasteiger partial charge in [0.1, 0.15) is 6.04 Å². The summed E-state index contributed by atoms with van der Waals surface area (Å²) in [6, 6.07) is 6.02. The van der Waals surface area contributed by atoms with Gasteiger partial charge in [0.15, 0.2) is 0 Å². The zero-order valence-electron chi connectivity index (χ0n) is 10.8. The summed E-state index contributed by atoms with van der Waals surface area (Å²) in [4.78, 5) is 15.1. The van der Waals surface area contributed by atoms with Crippen LogP contribution in [0.2, 0.25) is 0 Å². The number of nitrogens with two attached hydrogens (primary N) is 1. The second-order valence-corrected chi connectivity index (χ2v) is 5.17. The van der Waals surface area contributed by atoms with Gasteiger partial charge in [-0.1, -0.05) is 6.07 Å². The molecule has 0 spiro atoms. The van der Waals surface area contributed by atoms with Crippen LogP contribution in [-0.4, -0.2) is 31.3 Å². The lowest BCUT2D eigenvalue weighted by molar-refractivity contribution is -0.122. The summed E-state index contributed by atoms with van der Waals surface area (Å²) in [5.41, 5.74) is 8.09. The Kier molecular flexibility index (Phi) is 4.14. The molecule has 0 aromatic heterocycles. The van der Waals surface area contributed by atoms with Crippen molar-refractivity contribution in [2.45, 2.75) is 24.4 Å². The molecule has 1 aromatic carbocycles. The van der Waals surface area contributed by atoms with Gasteiger partial charge < -0.3 is 16.0 Å². The van der Waals surface area contributed by atoms with E-state index in [9.17, 15) is 4.79 Å². The third kappa shape index (κ3) is 2.33. The van der Waals surface area contributed by atoms with Crippen LogP contribution < -0.4 is 16.0 Å². The SMILES string of the molecule is CSc1cccc(N2CCNC(=O)C2C)c1CN. The van der Waals surface area contributed by atoms with Crippen molar-refractivity contribution in [3.05, 3.63) is 23.8 Å². The summed E-state index contributed by atoms with van der Waals surface area (Å²) >= 11 is 1.69. The van der Waals surface area contributed by atoms with Crippen LogP contribution in [0, 0.1) is 0 Å². The summed E-state index contributed by atoms with van der Waals surface area (Å²) in [7, 11) is 0. The van der Waals surface area contributed by atoms with Gasteiger partial charge in [-0.25, -0.2) is 0 Å². The average Bonchev–Trinajstić information content (AvgIpc) is 2.41. The highest BCUT2D eigenvalue weighted by atomic mass is 32.2. The Morgan fingerprint density at radius 1 is 1.56 bits per heavy atom. The first-order chi connectivity index (χ1) is 8.69. The van der Waals surface area contributed by atoms with Crippen LogP contribution in [0.25, 0.3) is 0 Å². The Hall–Kier alpha value is -1.20. The molecular formula is C13H19N3OS. The zero-order chi connectivity index (χ0) is 13.1. The minimum Gasteiger partial charge on any atom is -0.358 e. The molecule has 4 nitrogen and oxygen atoms in total. The lowest BCUT2D eigenvalue weighted by Crippen LogP contribution is -2.54. The van der Waals surface area contributed by atoms with Gasteiger partial charge in [-0.2, -0.15) is 0 Å². The Labute approximate surface area is 112 Å². The van der Waals surface area contributed by atoms with Crippen LogP contribution in [0.1, 0.15) is 12.5 Å². The van der Waals surface area contributed by atoms with Gasteiger partial charge in [0.25, 0.3) is 0 Å². The molecule has 98 valence electrons. The van der Waals surface area contributed by atoms with E-state index in [0.717, 1.165) is 17.8 Å². The number of benzene rings is 1. The van der Waals surface area contributed by atoms with Gasteiger partial charge in [-0.15, -0.1) is 11.8 Å². The Morgan fingerprint density at radius 3 is 3.00 bits per heavy atom. The van der Waals surface area contributed by atoms with Crippen LogP contribution in [0.15, 0.2) is 23.1 Å². The van der Waals surface area contributed by atoms with Crippen molar-refractivity contribution in [1.29, 1.82) is 0 Å². The molecule has 1 aliphatic rings. The highest BCUT2D eigenvalue weighted by molar-refractivity contribution is 7.98. The number of nitrogens with one attached hydrogen (secondary N) is 1. The van der Waals surface area contributed by atoms with E-state index in [-0.39, 0.29) is 11.9 Å². The maximum Gasteiger partial charge on any atom is 0.242 e. The largest absolute Gasteiger partial charge is 0.358 e. The maximum atomic E-state index is 11.7. The van der Waals surface area contributed by atoms with Crippen LogP contribution in [-0.2, 0) is 11.3 Å². The lowest BCUT2D eigenvalue weighted by Gasteiger charge is -2.36. The standard InChI is InChI=1S/C13H19N3OS/c1-9-13(17)15-6-7-16(9)11-4-3-5-12(18-2)10(11)8-14/h3-5,9H,6-8,14H2,1-2H3,(H,15,17). The van der Waals surface area contributed by atoms with E-state index >= 15 is 0 Å². The quantitative estimate of drug-likeness (QED) is 0.806. The summed E-state index contributed by atoms with van der Waals surface area (Å²) in [5, 5.41) is 2.88. The van der Waals surface area contributed by atoms with Gasteiger partial charge >= 0.3 is 0 Å². The van der Waals surface area contributed by atoms with Gasteiger partial charge in [-0.3, -0.25) is 4.79 Å². The fourth-order valence-corrected chi connectivity index (χ4v) is 2.98. The first-order valence-electron chi connectivity index (χ1n) is 6.09. The predicted molar refractivity (Wildman–Crippen MR) is 75.9 cm³/mol. The number of nitrogens with zero attached hydrogens (tertiary/aromatic N) is 1. The molecule has 0 radical (unpaired) electrons. The summed E-state index contributed by atoms with van der Waals surface area (Å²) in [6.07, 6.45) is 2.05. The average molecular weight is 265 g/mol. The minimum absolute atomic E-state index is 0.0822. The van der Waals surface area contributed by atoms with Gasteiger partial charge in [0.05, 0.1) is 0 Å². The number of carbonyl (C=O) groups excluding carboxylic acids is 1. The number of amides is 1. The molecule has 1 aliphatic heterocycles. The molecule has 1 unspecified atom stereocenters. The number of piperazine rings is 1. The van der Waals surface area contributed by atoms with E-state index in [1.165, 1.54) is 4.90 Å². The third-order valence-corrected chi connectivity index (χ3v) is 4.16. The van der Waals surface area contributed by atoms with E-state index in [4.69, 9.17) is 5.73 Å². The maximum absolute atomic E-state index is 11.7. The summed E-state index contributed by atoms with van der Waals surface area (Å²) < 4.78 is 0. The zero-order valence-corrected chi connectivity index (χ0v) is 11.6. The summed E-state index contributed by atoms with van der Waals surface area (Å²) in [5.74, 6) is 0.0822. The van der Waals surface area contributed by atoms with Gasteiger partial charge in [-0.05, 0) is 25.3 Å². The number of hydrogen-bond acceptors (Lipinski definition) is 4. The van der Waals surface area contributed by atoms with Crippen LogP contribution >= 0.6 is 11.8 Å². The first kappa shape index (κ1) is 13.2. The van der Waals surface area contributed by atoms with E-state index < -0.39 is 0 Å². The van der Waals surface area contributed by atoms with Crippen LogP contribution in [0.5, 0.6) is 0 Å². The summed E-state index contributed by atoms with van der Waals surface area (Å²) in [6.45, 7) is 3.95. The number of carbonyl (C=O) groups is 1. The van der Waals surface area contributed by atoms with Crippen molar-refractivity contribution in [2.24, 2.45) is 5.73 Å². The van der Waals surface area contributed by atoms with Crippen molar-refractivity contribution in [2.75, 3.05) is 24.2 Å².